The predicted octanol–water partition coefficient (Wildman–Crippen LogP) is 2.85. The summed E-state index contributed by atoms with van der Waals surface area (Å²) < 4.78 is 5.44. The number of halogens is 2. The third-order valence-electron chi connectivity index (χ3n) is 2.94. The summed E-state index contributed by atoms with van der Waals surface area (Å²) in [7, 11) is 0. The predicted molar refractivity (Wildman–Crippen MR) is 74.7 cm³/mol. The van der Waals surface area contributed by atoms with E-state index < -0.39 is 0 Å². The molecule has 1 saturated heterocycles. The van der Waals surface area contributed by atoms with E-state index in [1.807, 2.05) is 0 Å². The molecule has 0 aliphatic carbocycles. The Morgan fingerprint density at radius 3 is 3.06 bits per heavy atom. The molecule has 0 aromatic carbocycles. The minimum absolute atomic E-state index is 0. The van der Waals surface area contributed by atoms with Crippen LogP contribution >= 0.6 is 24.0 Å². The largest absolute Gasteiger partial charge is 0.463 e. The number of aromatic nitrogens is 2. The zero-order valence-corrected chi connectivity index (χ0v) is 11.8. The Balaban J connectivity index is 0.00000162. The second kappa shape index (κ2) is 8.51. The molecule has 2 rings (SSSR count). The van der Waals surface area contributed by atoms with Gasteiger partial charge < -0.3 is 10.1 Å². The summed E-state index contributed by atoms with van der Waals surface area (Å²) in [4.78, 5) is 7.96. The van der Waals surface area contributed by atoms with Crippen molar-refractivity contribution in [2.45, 2.75) is 38.1 Å². The third-order valence-corrected chi connectivity index (χ3v) is 3.15. The summed E-state index contributed by atoms with van der Waals surface area (Å²) in [5, 5.41) is 3.94. The van der Waals surface area contributed by atoms with Crippen LogP contribution in [0.3, 0.4) is 0 Å². The number of hydrogen-bond donors (Lipinski definition) is 1. The van der Waals surface area contributed by atoms with E-state index in [0.29, 0.717) is 23.8 Å². The molecule has 1 aliphatic rings. The molecule has 0 bridgehead atoms. The summed E-state index contributed by atoms with van der Waals surface area (Å²) >= 11 is 5.74. The molecule has 1 aromatic heterocycles. The van der Waals surface area contributed by atoms with Crippen LogP contribution in [-0.2, 0) is 0 Å². The van der Waals surface area contributed by atoms with E-state index in [4.69, 9.17) is 16.3 Å². The molecule has 0 saturated carbocycles. The molecule has 18 heavy (non-hydrogen) atoms. The normalized spacial score (nSPS) is 19.1. The van der Waals surface area contributed by atoms with Gasteiger partial charge in [-0.1, -0.05) is 18.0 Å². The molecule has 0 radical (unpaired) electrons. The molecule has 1 fully saturated rings. The van der Waals surface area contributed by atoms with Gasteiger partial charge in [0, 0.05) is 12.2 Å². The highest BCUT2D eigenvalue weighted by Gasteiger charge is 2.11. The van der Waals surface area contributed by atoms with Gasteiger partial charge in [0.05, 0.1) is 6.61 Å². The van der Waals surface area contributed by atoms with Gasteiger partial charge in [0.25, 0.3) is 0 Å². The number of piperidine rings is 1. The second-order valence-corrected chi connectivity index (χ2v) is 4.69. The highest BCUT2D eigenvalue weighted by Crippen LogP contribution is 2.12. The number of nitrogens with one attached hydrogen (secondary N) is 1. The van der Waals surface area contributed by atoms with Crippen molar-refractivity contribution in [1.82, 2.24) is 15.3 Å². The lowest BCUT2D eigenvalue weighted by atomic mass is 10.0. The van der Waals surface area contributed by atoms with Crippen molar-refractivity contribution >= 4 is 24.0 Å². The van der Waals surface area contributed by atoms with Crippen LogP contribution in [0, 0.1) is 0 Å². The zero-order chi connectivity index (χ0) is 11.9. The van der Waals surface area contributed by atoms with Gasteiger partial charge in [-0.3, -0.25) is 0 Å². The van der Waals surface area contributed by atoms with Gasteiger partial charge in [-0.05, 0) is 38.3 Å². The van der Waals surface area contributed by atoms with Crippen molar-refractivity contribution in [2.24, 2.45) is 0 Å². The van der Waals surface area contributed by atoms with Crippen molar-refractivity contribution in [2.75, 3.05) is 13.2 Å². The number of hydrogen-bond acceptors (Lipinski definition) is 4. The van der Waals surface area contributed by atoms with Gasteiger partial charge in [-0.15, -0.1) is 12.4 Å². The van der Waals surface area contributed by atoms with Crippen LogP contribution < -0.4 is 10.1 Å². The van der Waals surface area contributed by atoms with Crippen molar-refractivity contribution in [3.05, 3.63) is 17.4 Å². The minimum Gasteiger partial charge on any atom is -0.463 e. The average molecular weight is 292 g/mol. The highest BCUT2D eigenvalue weighted by atomic mass is 35.5. The van der Waals surface area contributed by atoms with E-state index in [-0.39, 0.29) is 12.4 Å². The topological polar surface area (TPSA) is 47.0 Å². The molecule has 4 nitrogen and oxygen atoms in total. The monoisotopic (exact) mass is 291 g/mol. The van der Waals surface area contributed by atoms with Crippen LogP contribution in [0.25, 0.3) is 0 Å². The maximum atomic E-state index is 5.74. The highest BCUT2D eigenvalue weighted by molar-refractivity contribution is 6.29. The number of nitrogens with zero attached hydrogens (tertiary/aromatic N) is 2. The lowest BCUT2D eigenvalue weighted by Gasteiger charge is -2.23. The molecule has 6 heteroatoms. The Kier molecular flexibility index (Phi) is 7.32. The van der Waals surface area contributed by atoms with E-state index >= 15 is 0 Å². The van der Waals surface area contributed by atoms with E-state index in [1.54, 1.807) is 12.3 Å². The zero-order valence-electron chi connectivity index (χ0n) is 10.3. The van der Waals surface area contributed by atoms with Crippen LogP contribution in [0.1, 0.15) is 32.1 Å². The first-order valence-corrected chi connectivity index (χ1v) is 6.57. The summed E-state index contributed by atoms with van der Waals surface area (Å²) in [6.45, 7) is 1.81. The Labute approximate surface area is 119 Å². The van der Waals surface area contributed by atoms with Gasteiger partial charge in [-0.2, -0.15) is 4.98 Å². The van der Waals surface area contributed by atoms with Crippen LogP contribution in [0.15, 0.2) is 12.3 Å². The molecule has 1 N–H and O–H groups in total. The fourth-order valence-electron chi connectivity index (χ4n) is 2.05. The summed E-state index contributed by atoms with van der Waals surface area (Å²) in [5.74, 6) is 0. The van der Waals surface area contributed by atoms with Crippen LogP contribution in [0.5, 0.6) is 6.01 Å². The van der Waals surface area contributed by atoms with Crippen molar-refractivity contribution < 1.29 is 4.74 Å². The Bertz CT molecular complexity index is 346. The SMILES string of the molecule is Cl.Clc1ccnc(OCCCC2CCCCN2)n1. The van der Waals surface area contributed by atoms with Crippen molar-refractivity contribution in [1.29, 1.82) is 0 Å². The first kappa shape index (κ1) is 15.5. The summed E-state index contributed by atoms with van der Waals surface area (Å²) in [6, 6.07) is 2.67. The molecule has 1 unspecified atom stereocenters. The van der Waals surface area contributed by atoms with E-state index in [9.17, 15) is 0 Å². The van der Waals surface area contributed by atoms with Gasteiger partial charge in [0.15, 0.2) is 0 Å². The molecule has 0 amide bonds. The van der Waals surface area contributed by atoms with E-state index in [1.165, 1.54) is 19.3 Å². The minimum atomic E-state index is 0. The number of ether oxygens (including phenoxy) is 1. The Morgan fingerprint density at radius 1 is 1.44 bits per heavy atom. The fourth-order valence-corrected chi connectivity index (χ4v) is 2.18. The van der Waals surface area contributed by atoms with Crippen LogP contribution in [0.2, 0.25) is 5.15 Å². The van der Waals surface area contributed by atoms with Crippen LogP contribution in [0.4, 0.5) is 0 Å². The second-order valence-electron chi connectivity index (χ2n) is 4.30. The van der Waals surface area contributed by atoms with Gasteiger partial charge in [-0.25, -0.2) is 4.98 Å². The smallest absolute Gasteiger partial charge is 0.317 e. The third kappa shape index (κ3) is 5.38. The average Bonchev–Trinajstić information content (AvgIpc) is 2.36. The lowest BCUT2D eigenvalue weighted by molar-refractivity contribution is 0.267. The fraction of sp³-hybridized carbons (Fsp3) is 0.667. The first-order valence-electron chi connectivity index (χ1n) is 6.19. The van der Waals surface area contributed by atoms with E-state index in [2.05, 4.69) is 15.3 Å². The Morgan fingerprint density at radius 2 is 2.33 bits per heavy atom. The number of rotatable bonds is 5. The molecule has 2 heterocycles. The molecular weight excluding hydrogens is 273 g/mol. The maximum absolute atomic E-state index is 5.74. The van der Waals surface area contributed by atoms with Gasteiger partial charge in [0.1, 0.15) is 5.15 Å². The summed E-state index contributed by atoms with van der Waals surface area (Å²) in [5.41, 5.74) is 0. The molecule has 102 valence electrons. The van der Waals surface area contributed by atoms with Crippen molar-refractivity contribution in [3.8, 4) is 6.01 Å². The maximum Gasteiger partial charge on any atom is 0.317 e. The molecule has 0 spiro atoms. The summed E-state index contributed by atoms with van der Waals surface area (Å²) in [6.07, 6.45) is 7.72. The molecular formula is C12H19Cl2N3O. The Hall–Kier alpha value is -0.580. The first-order chi connectivity index (χ1) is 8.34. The quantitative estimate of drug-likeness (QED) is 0.669. The van der Waals surface area contributed by atoms with Gasteiger partial charge >= 0.3 is 6.01 Å². The molecule has 1 aromatic rings. The standard InChI is InChI=1S/C12H18ClN3O.ClH/c13-11-6-8-15-12(16-11)17-9-3-5-10-4-1-2-7-14-10;/h6,8,10,14H,1-5,7,9H2;1H. The molecule has 1 aliphatic heterocycles. The lowest BCUT2D eigenvalue weighted by Crippen LogP contribution is -2.34. The van der Waals surface area contributed by atoms with Crippen molar-refractivity contribution in [3.63, 3.8) is 0 Å². The van der Waals surface area contributed by atoms with Gasteiger partial charge in [0.2, 0.25) is 0 Å². The van der Waals surface area contributed by atoms with E-state index in [0.717, 1.165) is 19.4 Å². The van der Waals surface area contributed by atoms with Crippen LogP contribution in [-0.4, -0.2) is 29.2 Å². The molecule has 1 atom stereocenters.